The lowest BCUT2D eigenvalue weighted by Gasteiger charge is -2.12. The zero-order valence-corrected chi connectivity index (χ0v) is 11.2. The van der Waals surface area contributed by atoms with Crippen LogP contribution in [0.2, 0.25) is 0 Å². The fourth-order valence-corrected chi connectivity index (χ4v) is 2.63. The fraction of sp³-hybridized carbons (Fsp3) is 0.417. The molecular weight excluding hydrogens is 281 g/mol. The maximum atomic E-state index is 12.5. The molecule has 0 spiro atoms. The van der Waals surface area contributed by atoms with Crippen LogP contribution < -0.4 is 0 Å². The highest BCUT2D eigenvalue weighted by Crippen LogP contribution is 2.30. The third kappa shape index (κ3) is 4.34. The Labute approximate surface area is 111 Å². The summed E-state index contributed by atoms with van der Waals surface area (Å²) in [5.41, 5.74) is -0.858. The molecule has 2 atom stereocenters. The van der Waals surface area contributed by atoms with Gasteiger partial charge in [-0.25, -0.2) is 0 Å². The summed E-state index contributed by atoms with van der Waals surface area (Å²) >= 11 is 0. The SMILES string of the molecule is COC(=O)CC(C)S(=O)c1cccc(C(F)(F)F)c1. The zero-order valence-electron chi connectivity index (χ0n) is 10.4. The largest absolute Gasteiger partial charge is 0.469 e. The van der Waals surface area contributed by atoms with Gasteiger partial charge in [-0.15, -0.1) is 0 Å². The number of carbonyl (C=O) groups is 1. The number of hydrogen-bond acceptors (Lipinski definition) is 3. The van der Waals surface area contributed by atoms with Crippen molar-refractivity contribution in [2.24, 2.45) is 0 Å². The van der Waals surface area contributed by atoms with E-state index in [1.165, 1.54) is 26.2 Å². The molecule has 0 radical (unpaired) electrons. The predicted octanol–water partition coefficient (Wildman–Crippen LogP) is 2.76. The van der Waals surface area contributed by atoms with Gasteiger partial charge >= 0.3 is 12.1 Å². The van der Waals surface area contributed by atoms with Gasteiger partial charge in [0, 0.05) is 10.1 Å². The molecular formula is C12H13F3O3S. The Kier molecular flexibility index (Phi) is 5.11. The van der Waals surface area contributed by atoms with Gasteiger partial charge in [-0.05, 0) is 25.1 Å². The van der Waals surface area contributed by atoms with Crippen molar-refractivity contribution in [3.05, 3.63) is 29.8 Å². The first kappa shape index (κ1) is 15.7. The summed E-state index contributed by atoms with van der Waals surface area (Å²) in [6, 6.07) is 4.29. The third-order valence-corrected chi connectivity index (χ3v) is 4.06. The minimum Gasteiger partial charge on any atom is -0.469 e. The molecule has 0 aliphatic carbocycles. The van der Waals surface area contributed by atoms with E-state index in [2.05, 4.69) is 4.74 Å². The smallest absolute Gasteiger partial charge is 0.416 e. The predicted molar refractivity (Wildman–Crippen MR) is 63.9 cm³/mol. The van der Waals surface area contributed by atoms with E-state index in [1.54, 1.807) is 0 Å². The summed E-state index contributed by atoms with van der Waals surface area (Å²) in [6.07, 6.45) is -4.59. The van der Waals surface area contributed by atoms with Gasteiger partial charge in [-0.2, -0.15) is 13.2 Å². The second kappa shape index (κ2) is 6.18. The second-order valence-electron chi connectivity index (χ2n) is 3.91. The molecule has 3 nitrogen and oxygen atoms in total. The van der Waals surface area contributed by atoms with Gasteiger partial charge in [-0.1, -0.05) is 6.07 Å². The van der Waals surface area contributed by atoms with Crippen LogP contribution in [0.4, 0.5) is 13.2 Å². The van der Waals surface area contributed by atoms with Gasteiger partial charge < -0.3 is 4.74 Å². The Morgan fingerprint density at radius 3 is 2.58 bits per heavy atom. The van der Waals surface area contributed by atoms with Crippen molar-refractivity contribution < 1.29 is 26.9 Å². The maximum absolute atomic E-state index is 12.5. The molecule has 0 aromatic heterocycles. The van der Waals surface area contributed by atoms with Gasteiger partial charge in [0.05, 0.1) is 29.9 Å². The number of halogens is 3. The van der Waals surface area contributed by atoms with Crippen molar-refractivity contribution in [1.29, 1.82) is 0 Å². The van der Waals surface area contributed by atoms with Gasteiger partial charge in [0.15, 0.2) is 0 Å². The van der Waals surface area contributed by atoms with E-state index >= 15 is 0 Å². The molecule has 0 aliphatic rings. The molecule has 0 saturated heterocycles. The quantitative estimate of drug-likeness (QED) is 0.802. The number of methoxy groups -OCH3 is 1. The molecule has 0 aliphatic heterocycles. The molecule has 1 aromatic rings. The summed E-state index contributed by atoms with van der Waals surface area (Å²) in [5, 5.41) is -0.615. The molecule has 0 amide bonds. The van der Waals surface area contributed by atoms with Crippen LogP contribution in [0.1, 0.15) is 18.9 Å². The summed E-state index contributed by atoms with van der Waals surface area (Å²) in [5.74, 6) is -0.548. The lowest BCUT2D eigenvalue weighted by Crippen LogP contribution is -2.17. The number of alkyl halides is 3. The van der Waals surface area contributed by atoms with Crippen molar-refractivity contribution >= 4 is 16.8 Å². The monoisotopic (exact) mass is 294 g/mol. The average molecular weight is 294 g/mol. The molecule has 0 saturated carbocycles. The van der Waals surface area contributed by atoms with E-state index in [0.29, 0.717) is 0 Å². The number of esters is 1. The minimum absolute atomic E-state index is 0.0474. The van der Waals surface area contributed by atoms with Crippen LogP contribution in [0, 0.1) is 0 Å². The van der Waals surface area contributed by atoms with Crippen molar-refractivity contribution in [1.82, 2.24) is 0 Å². The highest BCUT2D eigenvalue weighted by molar-refractivity contribution is 7.85. The van der Waals surface area contributed by atoms with E-state index in [0.717, 1.165) is 12.1 Å². The van der Waals surface area contributed by atoms with Gasteiger partial charge in [0.2, 0.25) is 0 Å². The first-order chi connectivity index (χ1) is 8.75. The van der Waals surface area contributed by atoms with Gasteiger partial charge in [0.1, 0.15) is 0 Å². The molecule has 7 heteroatoms. The third-order valence-electron chi connectivity index (χ3n) is 2.44. The molecule has 0 bridgehead atoms. The standard InChI is InChI=1S/C12H13F3O3S/c1-8(6-11(16)18-2)19(17)10-5-3-4-9(7-10)12(13,14)15/h3-5,7-8H,6H2,1-2H3. The Bertz CT molecular complexity index is 485. The lowest BCUT2D eigenvalue weighted by atomic mass is 10.2. The van der Waals surface area contributed by atoms with E-state index < -0.39 is 33.8 Å². The second-order valence-corrected chi connectivity index (χ2v) is 5.78. The molecule has 1 aromatic carbocycles. The van der Waals surface area contributed by atoms with Crippen LogP contribution in [0.25, 0.3) is 0 Å². The molecule has 106 valence electrons. The van der Waals surface area contributed by atoms with E-state index in [-0.39, 0.29) is 11.3 Å². The molecule has 0 fully saturated rings. The highest BCUT2D eigenvalue weighted by atomic mass is 32.2. The van der Waals surface area contributed by atoms with Gasteiger partial charge in [0.25, 0.3) is 0 Å². The average Bonchev–Trinajstić information content (AvgIpc) is 2.36. The summed E-state index contributed by atoms with van der Waals surface area (Å²) in [6.45, 7) is 1.52. The zero-order chi connectivity index (χ0) is 14.6. The number of ether oxygens (including phenoxy) is 1. The van der Waals surface area contributed by atoms with Crippen LogP contribution >= 0.6 is 0 Å². The Morgan fingerprint density at radius 2 is 2.05 bits per heavy atom. The molecule has 19 heavy (non-hydrogen) atoms. The number of benzene rings is 1. The Balaban J connectivity index is 2.91. The van der Waals surface area contributed by atoms with E-state index in [4.69, 9.17) is 0 Å². The number of carbonyl (C=O) groups excluding carboxylic acids is 1. The van der Waals surface area contributed by atoms with Crippen LogP contribution in [0.3, 0.4) is 0 Å². The van der Waals surface area contributed by atoms with E-state index in [1.807, 2.05) is 0 Å². The fourth-order valence-electron chi connectivity index (χ4n) is 1.42. The van der Waals surface area contributed by atoms with Gasteiger partial charge in [-0.3, -0.25) is 9.00 Å². The molecule has 0 heterocycles. The normalized spacial score (nSPS) is 14.8. The number of hydrogen-bond donors (Lipinski definition) is 0. The first-order valence-corrected chi connectivity index (χ1v) is 6.61. The lowest BCUT2D eigenvalue weighted by molar-refractivity contribution is -0.140. The van der Waals surface area contributed by atoms with Crippen molar-refractivity contribution in [3.8, 4) is 0 Å². The highest BCUT2D eigenvalue weighted by Gasteiger charge is 2.31. The minimum atomic E-state index is -4.48. The molecule has 2 unspecified atom stereocenters. The van der Waals surface area contributed by atoms with E-state index in [9.17, 15) is 22.2 Å². The van der Waals surface area contributed by atoms with Crippen molar-refractivity contribution in [2.75, 3.05) is 7.11 Å². The van der Waals surface area contributed by atoms with Crippen molar-refractivity contribution in [3.63, 3.8) is 0 Å². The first-order valence-electron chi connectivity index (χ1n) is 5.40. The topological polar surface area (TPSA) is 43.4 Å². The van der Waals surface area contributed by atoms with Crippen molar-refractivity contribution in [2.45, 2.75) is 29.7 Å². The summed E-state index contributed by atoms with van der Waals surface area (Å²) in [4.78, 5) is 11.1. The maximum Gasteiger partial charge on any atom is 0.416 e. The summed E-state index contributed by atoms with van der Waals surface area (Å²) < 4.78 is 54.0. The Morgan fingerprint density at radius 1 is 1.42 bits per heavy atom. The molecule has 0 N–H and O–H groups in total. The summed E-state index contributed by atoms with van der Waals surface area (Å²) in [7, 11) is -0.500. The van der Waals surface area contributed by atoms with Crippen LogP contribution in [-0.2, 0) is 26.5 Å². The number of rotatable bonds is 4. The van der Waals surface area contributed by atoms with Crippen LogP contribution in [-0.4, -0.2) is 22.5 Å². The van der Waals surface area contributed by atoms with Crippen LogP contribution in [0.15, 0.2) is 29.2 Å². The van der Waals surface area contributed by atoms with Crippen LogP contribution in [0.5, 0.6) is 0 Å². The Hall–Kier alpha value is -1.37. The molecule has 1 rings (SSSR count).